The van der Waals surface area contributed by atoms with Gasteiger partial charge in [0.25, 0.3) is 0 Å². The molecule has 0 fully saturated rings. The van der Waals surface area contributed by atoms with E-state index in [1.807, 2.05) is 13.8 Å². The van der Waals surface area contributed by atoms with E-state index in [0.717, 1.165) is 0 Å². The molecule has 0 aliphatic carbocycles. The second-order valence-electron chi connectivity index (χ2n) is 2.19. The lowest BCUT2D eigenvalue weighted by Gasteiger charge is -2.04. The summed E-state index contributed by atoms with van der Waals surface area (Å²) in [7, 11) is 0. The molecule has 0 aliphatic heterocycles. The van der Waals surface area contributed by atoms with Crippen LogP contribution in [0.25, 0.3) is 0 Å². The molecule has 0 heterocycles. The second kappa shape index (κ2) is 5.61. The van der Waals surface area contributed by atoms with E-state index in [1.165, 1.54) is 6.92 Å². The molecular weight excluding hydrogens is 280 g/mol. The van der Waals surface area contributed by atoms with Gasteiger partial charge in [0.1, 0.15) is 10.8 Å². The maximum absolute atomic E-state index is 12.9. The number of hydrogen-bond donors (Lipinski definition) is 0. The second-order valence-corrected chi connectivity index (χ2v) is 3.37. The summed E-state index contributed by atoms with van der Waals surface area (Å²) in [6.45, 7) is 5.30. The topological polar surface area (TPSA) is 0 Å². The summed E-state index contributed by atoms with van der Waals surface area (Å²) in [6.07, 6.45) is 0. The van der Waals surface area contributed by atoms with Crippen LogP contribution in [0.5, 0.6) is 0 Å². The summed E-state index contributed by atoms with van der Waals surface area (Å²) in [5.41, 5.74) is -0.0427. The molecule has 1 aromatic carbocycles. The molecule has 0 bridgehead atoms. The molecule has 14 heavy (non-hydrogen) atoms. The Kier molecular flexibility index (Phi) is 5.52. The molecular formula is C9H9BrClF3. The number of hydrogen-bond acceptors (Lipinski definition) is 0. The normalized spacial score (nSPS) is 9.43. The molecule has 0 nitrogen and oxygen atoms in total. The van der Waals surface area contributed by atoms with Gasteiger partial charge in [-0.05, 0) is 22.9 Å². The van der Waals surface area contributed by atoms with E-state index in [-0.39, 0.29) is 10.0 Å². The highest BCUT2D eigenvalue weighted by Gasteiger charge is 2.19. The zero-order valence-corrected chi connectivity index (χ0v) is 10.2. The number of rotatable bonds is 0. The van der Waals surface area contributed by atoms with Crippen LogP contribution in [0.4, 0.5) is 13.2 Å². The van der Waals surface area contributed by atoms with Crippen LogP contribution in [-0.2, 0) is 0 Å². The molecule has 1 aromatic rings. The smallest absolute Gasteiger partial charge is 0.181 e. The highest BCUT2D eigenvalue weighted by atomic mass is 79.9. The molecule has 0 atom stereocenters. The quantitative estimate of drug-likeness (QED) is 0.473. The molecule has 0 unspecified atom stereocenters. The van der Waals surface area contributed by atoms with Gasteiger partial charge in [0.05, 0.1) is 4.47 Å². The van der Waals surface area contributed by atoms with Crippen molar-refractivity contribution >= 4 is 27.5 Å². The Balaban J connectivity index is 0.000000791. The first kappa shape index (κ1) is 13.8. The van der Waals surface area contributed by atoms with Crippen LogP contribution in [-0.4, -0.2) is 0 Å². The van der Waals surface area contributed by atoms with Gasteiger partial charge in [-0.2, -0.15) is 0 Å². The van der Waals surface area contributed by atoms with Gasteiger partial charge in [-0.15, -0.1) is 0 Å². The summed E-state index contributed by atoms with van der Waals surface area (Å²) in [6, 6.07) is 0. The van der Waals surface area contributed by atoms with E-state index in [1.54, 1.807) is 0 Å². The maximum Gasteiger partial charge on any atom is 0.181 e. The molecule has 5 heteroatoms. The molecule has 0 amide bonds. The lowest BCUT2D eigenvalue weighted by molar-refractivity contribution is 0.488. The van der Waals surface area contributed by atoms with Crippen LogP contribution in [0, 0.1) is 24.4 Å². The fraction of sp³-hybridized carbons (Fsp3) is 0.333. The van der Waals surface area contributed by atoms with Crippen LogP contribution in [0.1, 0.15) is 19.4 Å². The Labute approximate surface area is 94.2 Å². The predicted octanol–water partition coefficient (Wildman–Crippen LogP) is 4.85. The monoisotopic (exact) mass is 288 g/mol. The molecule has 1 rings (SSSR count). The van der Waals surface area contributed by atoms with Crippen molar-refractivity contribution in [1.29, 1.82) is 0 Å². The van der Waals surface area contributed by atoms with Crippen molar-refractivity contribution in [2.45, 2.75) is 20.8 Å². The summed E-state index contributed by atoms with van der Waals surface area (Å²) in [4.78, 5) is 0. The average Bonchev–Trinajstić information content (AvgIpc) is 2.24. The fourth-order valence-corrected chi connectivity index (χ4v) is 1.29. The summed E-state index contributed by atoms with van der Waals surface area (Å²) >= 11 is 7.85. The molecule has 0 N–H and O–H groups in total. The van der Waals surface area contributed by atoms with Crippen LogP contribution >= 0.6 is 27.5 Å². The molecule has 80 valence electrons. The van der Waals surface area contributed by atoms with Gasteiger partial charge in [0.15, 0.2) is 11.6 Å². The van der Waals surface area contributed by atoms with Crippen LogP contribution in [0.3, 0.4) is 0 Å². The zero-order chi connectivity index (χ0) is 11.5. The van der Waals surface area contributed by atoms with Gasteiger partial charge >= 0.3 is 0 Å². The van der Waals surface area contributed by atoms with Crippen molar-refractivity contribution in [1.82, 2.24) is 0 Å². The minimum Gasteiger partial charge on any atom is -0.205 e. The van der Waals surface area contributed by atoms with Crippen molar-refractivity contribution in [3.8, 4) is 0 Å². The minimum absolute atomic E-state index is 0.0427. The molecule has 0 aromatic heterocycles. The van der Waals surface area contributed by atoms with Crippen LogP contribution in [0.15, 0.2) is 4.47 Å². The van der Waals surface area contributed by atoms with Crippen molar-refractivity contribution in [3.63, 3.8) is 0 Å². The summed E-state index contributed by atoms with van der Waals surface area (Å²) in [5.74, 6) is -3.48. The lowest BCUT2D eigenvalue weighted by atomic mass is 10.2. The first-order chi connectivity index (χ1) is 6.46. The third kappa shape index (κ3) is 2.42. The third-order valence-electron chi connectivity index (χ3n) is 1.43. The van der Waals surface area contributed by atoms with Crippen LogP contribution in [0.2, 0.25) is 5.02 Å². The van der Waals surface area contributed by atoms with Crippen molar-refractivity contribution in [3.05, 3.63) is 32.5 Å². The van der Waals surface area contributed by atoms with Gasteiger partial charge < -0.3 is 0 Å². The van der Waals surface area contributed by atoms with Gasteiger partial charge in [0, 0.05) is 5.56 Å². The SMILES string of the molecule is CC.Cc1c(F)c(Cl)c(F)c(F)c1Br. The first-order valence-electron chi connectivity index (χ1n) is 3.94. The van der Waals surface area contributed by atoms with E-state index >= 15 is 0 Å². The Morgan fingerprint density at radius 3 is 1.86 bits per heavy atom. The highest BCUT2D eigenvalue weighted by molar-refractivity contribution is 9.10. The number of halogens is 5. The maximum atomic E-state index is 12.9. The van der Waals surface area contributed by atoms with Crippen molar-refractivity contribution in [2.75, 3.05) is 0 Å². The molecule has 0 saturated carbocycles. The van der Waals surface area contributed by atoms with Crippen molar-refractivity contribution in [2.24, 2.45) is 0 Å². The summed E-state index contributed by atoms with van der Waals surface area (Å²) in [5, 5.41) is -0.812. The van der Waals surface area contributed by atoms with E-state index in [9.17, 15) is 13.2 Å². The predicted molar refractivity (Wildman–Crippen MR) is 55.1 cm³/mol. The van der Waals surface area contributed by atoms with Crippen molar-refractivity contribution < 1.29 is 13.2 Å². The van der Waals surface area contributed by atoms with Gasteiger partial charge in [-0.25, -0.2) is 13.2 Å². The minimum atomic E-state index is -1.37. The van der Waals surface area contributed by atoms with E-state index in [4.69, 9.17) is 11.6 Å². The van der Waals surface area contributed by atoms with Crippen LogP contribution < -0.4 is 0 Å². The largest absolute Gasteiger partial charge is 0.205 e. The Morgan fingerprint density at radius 1 is 1.00 bits per heavy atom. The molecule has 0 spiro atoms. The Morgan fingerprint density at radius 2 is 1.43 bits per heavy atom. The Hall–Kier alpha value is -0.220. The van der Waals surface area contributed by atoms with Gasteiger partial charge in [0.2, 0.25) is 0 Å². The standard InChI is InChI=1S/C7H3BrClF3.C2H6/c1-2-3(8)6(11)7(12)4(9)5(2)10;1-2/h1H3;1-2H3. The Bertz CT molecular complexity index is 234. The highest BCUT2D eigenvalue weighted by Crippen LogP contribution is 2.31. The number of benzene rings is 1. The van der Waals surface area contributed by atoms with E-state index in [0.29, 0.717) is 0 Å². The first-order valence-corrected chi connectivity index (χ1v) is 5.12. The average molecular weight is 290 g/mol. The fourth-order valence-electron chi connectivity index (χ4n) is 0.715. The molecule has 0 saturated heterocycles. The van der Waals surface area contributed by atoms with E-state index < -0.39 is 22.5 Å². The van der Waals surface area contributed by atoms with Gasteiger partial charge in [-0.1, -0.05) is 25.4 Å². The molecule has 0 radical (unpaired) electrons. The molecule has 0 aliphatic rings. The van der Waals surface area contributed by atoms with Gasteiger partial charge in [-0.3, -0.25) is 0 Å². The summed E-state index contributed by atoms with van der Waals surface area (Å²) < 4.78 is 38.0. The third-order valence-corrected chi connectivity index (χ3v) is 2.70. The lowest BCUT2D eigenvalue weighted by Crippen LogP contribution is -1.96. The van der Waals surface area contributed by atoms with E-state index in [2.05, 4.69) is 15.9 Å². The zero-order valence-electron chi connectivity index (χ0n) is 7.89.